The first-order valence-corrected chi connectivity index (χ1v) is 12.8. The summed E-state index contributed by atoms with van der Waals surface area (Å²) in [6, 6.07) is 42.1. The van der Waals surface area contributed by atoms with E-state index in [1.165, 1.54) is 10.9 Å². The zero-order valence-electron chi connectivity index (χ0n) is 20.5. The third-order valence-corrected chi connectivity index (χ3v) is 7.40. The van der Waals surface area contributed by atoms with Gasteiger partial charge in [-0.1, -0.05) is 91.0 Å². The maximum absolute atomic E-state index is 6.39. The molecule has 0 saturated heterocycles. The Labute approximate surface area is 219 Å². The van der Waals surface area contributed by atoms with Crippen molar-refractivity contribution in [2.75, 3.05) is 4.90 Å². The maximum Gasteiger partial charge on any atom is 0.143 e. The van der Waals surface area contributed by atoms with Crippen LogP contribution in [0.2, 0.25) is 0 Å². The van der Waals surface area contributed by atoms with E-state index >= 15 is 0 Å². The number of aromatic nitrogens is 1. The lowest BCUT2D eigenvalue weighted by Gasteiger charge is -2.27. The Morgan fingerprint density at radius 1 is 0.579 bits per heavy atom. The van der Waals surface area contributed by atoms with Gasteiger partial charge in [0.25, 0.3) is 0 Å². The third kappa shape index (κ3) is 3.19. The van der Waals surface area contributed by atoms with Gasteiger partial charge < -0.3 is 9.32 Å². The molecule has 0 atom stereocenters. The summed E-state index contributed by atoms with van der Waals surface area (Å²) in [5, 5.41) is 4.62. The number of benzene rings is 5. The van der Waals surface area contributed by atoms with E-state index in [1.54, 1.807) is 0 Å². The smallest absolute Gasteiger partial charge is 0.143 e. The summed E-state index contributed by atoms with van der Waals surface area (Å²) in [7, 11) is 0. The number of anilines is 2. The van der Waals surface area contributed by atoms with E-state index in [9.17, 15) is 0 Å². The van der Waals surface area contributed by atoms with Crippen molar-refractivity contribution in [3.05, 3.63) is 133 Å². The fourth-order valence-electron chi connectivity index (χ4n) is 5.63. The Morgan fingerprint density at radius 2 is 1.24 bits per heavy atom. The standard InChI is InChI=1S/C35H22N2O/c1-3-10-23(11-4-1)30-21-26(22-31(36-30)24-12-5-2-6-13-24)37-19-18-25-20-29-27-14-7-8-17-33(27)38-35(29)28-15-9-16-32(37)34(25)28/h1-22H. The van der Waals surface area contributed by atoms with Crippen molar-refractivity contribution < 1.29 is 4.42 Å². The molecule has 0 aliphatic carbocycles. The lowest BCUT2D eigenvalue weighted by atomic mass is 9.96. The average molecular weight is 487 g/mol. The quantitative estimate of drug-likeness (QED) is 0.249. The Morgan fingerprint density at radius 3 is 1.97 bits per heavy atom. The molecule has 3 nitrogen and oxygen atoms in total. The Bertz CT molecular complexity index is 1960. The first kappa shape index (κ1) is 21.0. The van der Waals surface area contributed by atoms with E-state index in [-0.39, 0.29) is 0 Å². The number of fused-ring (bicyclic) bond motifs is 4. The minimum atomic E-state index is 0.917. The zero-order chi connectivity index (χ0) is 25.1. The first-order valence-electron chi connectivity index (χ1n) is 12.8. The molecule has 3 heteroatoms. The molecule has 0 spiro atoms. The fraction of sp³-hybridized carbons (Fsp3) is 0. The number of pyridine rings is 1. The van der Waals surface area contributed by atoms with Gasteiger partial charge in [0.05, 0.1) is 17.1 Å². The van der Waals surface area contributed by atoms with E-state index in [0.29, 0.717) is 0 Å². The molecule has 0 amide bonds. The predicted molar refractivity (Wildman–Crippen MR) is 158 cm³/mol. The highest BCUT2D eigenvalue weighted by Gasteiger charge is 2.22. The summed E-state index contributed by atoms with van der Waals surface area (Å²) in [5.41, 5.74) is 9.33. The van der Waals surface area contributed by atoms with Gasteiger partial charge in [-0.25, -0.2) is 4.98 Å². The molecular formula is C35H22N2O. The van der Waals surface area contributed by atoms with Crippen LogP contribution in [-0.4, -0.2) is 4.98 Å². The Balaban J connectivity index is 1.37. The van der Waals surface area contributed by atoms with Crippen molar-refractivity contribution >= 4 is 50.2 Å². The van der Waals surface area contributed by atoms with Crippen LogP contribution in [-0.2, 0) is 0 Å². The van der Waals surface area contributed by atoms with E-state index in [4.69, 9.17) is 9.40 Å². The zero-order valence-corrected chi connectivity index (χ0v) is 20.5. The SMILES string of the molecule is C1=CN(c2cc(-c3ccccc3)nc(-c3ccccc3)c2)c2cccc3c2c1cc1c2ccccc2oc31. The Kier molecular flexibility index (Phi) is 4.52. The largest absolute Gasteiger partial charge is 0.455 e. The van der Waals surface area contributed by atoms with Crippen molar-refractivity contribution in [3.8, 4) is 22.5 Å². The molecule has 7 aromatic rings. The predicted octanol–water partition coefficient (Wildman–Crippen LogP) is 9.59. The van der Waals surface area contributed by atoms with Crippen LogP contribution in [0.3, 0.4) is 0 Å². The monoisotopic (exact) mass is 486 g/mol. The van der Waals surface area contributed by atoms with Crippen LogP contribution < -0.4 is 4.90 Å². The number of hydrogen-bond donors (Lipinski definition) is 0. The molecule has 1 aliphatic heterocycles. The summed E-state index contributed by atoms with van der Waals surface area (Å²) in [6.07, 6.45) is 4.38. The molecule has 38 heavy (non-hydrogen) atoms. The molecule has 178 valence electrons. The third-order valence-electron chi connectivity index (χ3n) is 7.40. The number of rotatable bonds is 3. The van der Waals surface area contributed by atoms with Gasteiger partial charge in [0.2, 0.25) is 0 Å². The van der Waals surface area contributed by atoms with Crippen LogP contribution in [0.15, 0.2) is 132 Å². The van der Waals surface area contributed by atoms with Gasteiger partial charge in [-0.2, -0.15) is 0 Å². The summed E-state index contributed by atoms with van der Waals surface area (Å²) in [5.74, 6) is 0. The van der Waals surface area contributed by atoms with Crippen LogP contribution in [0.1, 0.15) is 5.56 Å². The van der Waals surface area contributed by atoms with Crippen LogP contribution in [0.5, 0.6) is 0 Å². The van der Waals surface area contributed by atoms with Gasteiger partial charge in [0.1, 0.15) is 11.2 Å². The summed E-state index contributed by atoms with van der Waals surface area (Å²) in [4.78, 5) is 7.33. The number of para-hydroxylation sites is 1. The van der Waals surface area contributed by atoms with Crippen LogP contribution in [0, 0.1) is 0 Å². The van der Waals surface area contributed by atoms with Crippen molar-refractivity contribution in [1.29, 1.82) is 0 Å². The van der Waals surface area contributed by atoms with Crippen LogP contribution in [0.25, 0.3) is 61.3 Å². The van der Waals surface area contributed by atoms with Gasteiger partial charge in [0, 0.05) is 44.6 Å². The molecular weight excluding hydrogens is 464 g/mol. The topological polar surface area (TPSA) is 29.3 Å². The van der Waals surface area contributed by atoms with Crippen molar-refractivity contribution in [2.24, 2.45) is 0 Å². The second kappa shape index (κ2) is 8.19. The normalized spacial score (nSPS) is 12.6. The molecule has 1 aliphatic rings. The average Bonchev–Trinajstić information content (AvgIpc) is 3.37. The Hall–Kier alpha value is -5.15. The molecule has 0 saturated carbocycles. The first-order chi connectivity index (χ1) is 18.8. The summed E-state index contributed by atoms with van der Waals surface area (Å²) < 4.78 is 6.39. The van der Waals surface area contributed by atoms with Crippen molar-refractivity contribution in [1.82, 2.24) is 4.98 Å². The molecule has 8 rings (SSSR count). The second-order valence-electron chi connectivity index (χ2n) is 9.65. The number of furan rings is 1. The lowest BCUT2D eigenvalue weighted by Crippen LogP contribution is -2.12. The molecule has 0 radical (unpaired) electrons. The molecule has 0 fully saturated rings. The highest BCUT2D eigenvalue weighted by atomic mass is 16.3. The maximum atomic E-state index is 6.39. The molecule has 0 unspecified atom stereocenters. The molecule has 0 bridgehead atoms. The van der Waals surface area contributed by atoms with Gasteiger partial charge in [-0.15, -0.1) is 0 Å². The minimum Gasteiger partial charge on any atom is -0.455 e. The lowest BCUT2D eigenvalue weighted by molar-refractivity contribution is 0.672. The second-order valence-corrected chi connectivity index (χ2v) is 9.65. The van der Waals surface area contributed by atoms with E-state index < -0.39 is 0 Å². The van der Waals surface area contributed by atoms with E-state index in [0.717, 1.165) is 61.2 Å². The van der Waals surface area contributed by atoms with E-state index in [2.05, 4.69) is 114 Å². The van der Waals surface area contributed by atoms with Crippen LogP contribution >= 0.6 is 0 Å². The van der Waals surface area contributed by atoms with Gasteiger partial charge >= 0.3 is 0 Å². The summed E-state index contributed by atoms with van der Waals surface area (Å²) in [6.45, 7) is 0. The van der Waals surface area contributed by atoms with E-state index in [1.807, 2.05) is 24.3 Å². The van der Waals surface area contributed by atoms with Gasteiger partial charge in [-0.05, 0) is 42.0 Å². The molecule has 2 aromatic heterocycles. The van der Waals surface area contributed by atoms with Gasteiger partial charge in [-0.3, -0.25) is 0 Å². The van der Waals surface area contributed by atoms with Crippen molar-refractivity contribution in [3.63, 3.8) is 0 Å². The van der Waals surface area contributed by atoms with Gasteiger partial charge in [0.15, 0.2) is 0 Å². The van der Waals surface area contributed by atoms with Crippen LogP contribution in [0.4, 0.5) is 11.4 Å². The number of hydrogen-bond acceptors (Lipinski definition) is 3. The number of nitrogens with zero attached hydrogens (tertiary/aromatic N) is 2. The highest BCUT2D eigenvalue weighted by Crippen LogP contribution is 2.44. The summed E-state index contributed by atoms with van der Waals surface area (Å²) >= 11 is 0. The fourth-order valence-corrected chi connectivity index (χ4v) is 5.63. The highest BCUT2D eigenvalue weighted by molar-refractivity contribution is 6.20. The van der Waals surface area contributed by atoms with Crippen molar-refractivity contribution in [2.45, 2.75) is 0 Å². The minimum absolute atomic E-state index is 0.917. The molecule has 0 N–H and O–H groups in total. The molecule has 3 heterocycles. The molecule has 5 aromatic carbocycles.